The highest BCUT2D eigenvalue weighted by molar-refractivity contribution is 5.80. The van der Waals surface area contributed by atoms with Crippen molar-refractivity contribution in [2.24, 2.45) is 0 Å². The molecule has 3 nitrogen and oxygen atoms in total. The number of rotatable bonds is 2. The molecule has 2 aliphatic rings. The molecular weight excluding hydrogens is 200 g/mol. The van der Waals surface area contributed by atoms with E-state index in [2.05, 4.69) is 16.0 Å². The third-order valence-electron chi connectivity index (χ3n) is 3.79. The van der Waals surface area contributed by atoms with Crippen molar-refractivity contribution in [1.82, 2.24) is 9.88 Å². The predicted octanol–water partition coefficient (Wildman–Crippen LogP) is 1.78. The summed E-state index contributed by atoms with van der Waals surface area (Å²) in [5.74, 6) is 0.454. The summed E-state index contributed by atoms with van der Waals surface area (Å²) in [6, 6.07) is 5.08. The maximum Gasteiger partial charge on any atom is 0.136 e. The summed E-state index contributed by atoms with van der Waals surface area (Å²) in [4.78, 5) is 18.1. The number of ketones is 1. The van der Waals surface area contributed by atoms with E-state index in [9.17, 15) is 4.79 Å². The molecule has 2 aliphatic heterocycles. The molecule has 0 N–H and O–H groups in total. The Kier molecular flexibility index (Phi) is 2.48. The summed E-state index contributed by atoms with van der Waals surface area (Å²) < 4.78 is 0. The Labute approximate surface area is 95.5 Å². The monoisotopic (exact) mass is 216 g/mol. The molecule has 2 unspecified atom stereocenters. The lowest BCUT2D eigenvalue weighted by Crippen LogP contribution is -2.42. The molecule has 1 aromatic rings. The topological polar surface area (TPSA) is 33.2 Å². The highest BCUT2D eigenvalue weighted by Crippen LogP contribution is 2.34. The van der Waals surface area contributed by atoms with Crippen molar-refractivity contribution in [3.8, 4) is 0 Å². The van der Waals surface area contributed by atoms with Crippen LogP contribution in [0.5, 0.6) is 0 Å². The van der Waals surface area contributed by atoms with Gasteiger partial charge in [0.1, 0.15) is 5.78 Å². The number of hydrogen-bond donors (Lipinski definition) is 0. The molecule has 3 rings (SSSR count). The molecule has 2 atom stereocenters. The molecule has 2 fully saturated rings. The maximum atomic E-state index is 11.5. The predicted molar refractivity (Wildman–Crippen MR) is 60.8 cm³/mol. The van der Waals surface area contributed by atoms with Gasteiger partial charge in [-0.2, -0.15) is 0 Å². The molecular formula is C13H16N2O. The summed E-state index contributed by atoms with van der Waals surface area (Å²) in [6.07, 6.45) is 7.63. The summed E-state index contributed by atoms with van der Waals surface area (Å²) in [5, 5.41) is 0. The first-order valence-electron chi connectivity index (χ1n) is 5.99. The van der Waals surface area contributed by atoms with Crippen LogP contribution in [0.4, 0.5) is 0 Å². The SMILES string of the molecule is O=C1CC2CCC(C1)N2Cc1cccnc1. The molecule has 0 aromatic carbocycles. The second-order valence-electron chi connectivity index (χ2n) is 4.87. The molecule has 0 aliphatic carbocycles. The van der Waals surface area contributed by atoms with E-state index in [0.29, 0.717) is 17.9 Å². The lowest BCUT2D eigenvalue weighted by molar-refractivity contribution is -0.123. The van der Waals surface area contributed by atoms with Crippen LogP contribution in [0.3, 0.4) is 0 Å². The molecule has 3 heterocycles. The molecule has 3 heteroatoms. The van der Waals surface area contributed by atoms with E-state index in [-0.39, 0.29) is 0 Å². The van der Waals surface area contributed by atoms with E-state index in [1.807, 2.05) is 12.3 Å². The van der Waals surface area contributed by atoms with E-state index in [0.717, 1.165) is 19.4 Å². The van der Waals surface area contributed by atoms with Gasteiger partial charge in [0.15, 0.2) is 0 Å². The fourth-order valence-electron chi connectivity index (χ4n) is 3.02. The van der Waals surface area contributed by atoms with Crippen LogP contribution < -0.4 is 0 Å². The fourth-order valence-corrected chi connectivity index (χ4v) is 3.02. The minimum Gasteiger partial charge on any atom is -0.300 e. The van der Waals surface area contributed by atoms with Crippen LogP contribution in [0.2, 0.25) is 0 Å². The Balaban J connectivity index is 1.75. The summed E-state index contributed by atoms with van der Waals surface area (Å²) in [6.45, 7) is 0.955. The van der Waals surface area contributed by atoms with Crippen molar-refractivity contribution >= 4 is 5.78 Å². The summed E-state index contributed by atoms with van der Waals surface area (Å²) in [7, 11) is 0. The molecule has 1 aromatic heterocycles. The van der Waals surface area contributed by atoms with Gasteiger partial charge in [0.25, 0.3) is 0 Å². The number of aromatic nitrogens is 1. The Morgan fingerprint density at radius 3 is 2.69 bits per heavy atom. The number of carbonyl (C=O) groups is 1. The van der Waals surface area contributed by atoms with Crippen molar-refractivity contribution < 1.29 is 4.79 Å². The number of hydrogen-bond acceptors (Lipinski definition) is 3. The number of fused-ring (bicyclic) bond motifs is 2. The van der Waals surface area contributed by atoms with Crippen LogP contribution in [0, 0.1) is 0 Å². The smallest absolute Gasteiger partial charge is 0.136 e. The van der Waals surface area contributed by atoms with Crippen LogP contribution >= 0.6 is 0 Å². The van der Waals surface area contributed by atoms with E-state index < -0.39 is 0 Å². The first kappa shape index (κ1) is 9.97. The number of pyridine rings is 1. The van der Waals surface area contributed by atoms with Gasteiger partial charge in [0, 0.05) is 43.9 Å². The number of Topliss-reactive ketones (excluding diaryl/α,β-unsaturated/α-hetero) is 1. The third-order valence-corrected chi connectivity index (χ3v) is 3.79. The number of nitrogens with zero attached hydrogens (tertiary/aromatic N) is 2. The van der Waals surface area contributed by atoms with Gasteiger partial charge in [-0.05, 0) is 24.5 Å². The van der Waals surface area contributed by atoms with E-state index in [1.54, 1.807) is 6.20 Å². The highest BCUT2D eigenvalue weighted by Gasteiger charge is 2.39. The number of piperidine rings is 1. The van der Waals surface area contributed by atoms with Crippen molar-refractivity contribution in [2.75, 3.05) is 0 Å². The Bertz CT molecular complexity index is 374. The van der Waals surface area contributed by atoms with Crippen molar-refractivity contribution in [1.29, 1.82) is 0 Å². The van der Waals surface area contributed by atoms with E-state index in [1.165, 1.54) is 18.4 Å². The maximum absolute atomic E-state index is 11.5. The standard InChI is InChI=1S/C13H16N2O/c16-13-6-11-3-4-12(7-13)15(11)9-10-2-1-5-14-8-10/h1-2,5,8,11-12H,3-4,6-7,9H2. The normalized spacial score (nSPS) is 29.6. The molecule has 2 bridgehead atoms. The van der Waals surface area contributed by atoms with Crippen LogP contribution in [0.25, 0.3) is 0 Å². The van der Waals surface area contributed by atoms with E-state index in [4.69, 9.17) is 0 Å². The van der Waals surface area contributed by atoms with Crippen LogP contribution in [-0.2, 0) is 11.3 Å². The van der Waals surface area contributed by atoms with Crippen molar-refractivity contribution in [3.05, 3.63) is 30.1 Å². The zero-order chi connectivity index (χ0) is 11.0. The minimum atomic E-state index is 0.454. The zero-order valence-electron chi connectivity index (χ0n) is 9.30. The van der Waals surface area contributed by atoms with E-state index >= 15 is 0 Å². The Morgan fingerprint density at radius 1 is 1.31 bits per heavy atom. The average Bonchev–Trinajstić information content (AvgIpc) is 2.54. The minimum absolute atomic E-state index is 0.454. The van der Waals surface area contributed by atoms with Crippen LogP contribution in [-0.4, -0.2) is 27.8 Å². The van der Waals surface area contributed by atoms with Gasteiger partial charge < -0.3 is 0 Å². The molecule has 84 valence electrons. The van der Waals surface area contributed by atoms with Crippen LogP contribution in [0.1, 0.15) is 31.2 Å². The molecule has 0 saturated carbocycles. The van der Waals surface area contributed by atoms with Crippen molar-refractivity contribution in [3.63, 3.8) is 0 Å². The molecule has 0 radical (unpaired) electrons. The van der Waals surface area contributed by atoms with Crippen molar-refractivity contribution in [2.45, 2.75) is 44.3 Å². The fraction of sp³-hybridized carbons (Fsp3) is 0.538. The average molecular weight is 216 g/mol. The van der Waals surface area contributed by atoms with Gasteiger partial charge in [-0.1, -0.05) is 6.07 Å². The van der Waals surface area contributed by atoms with Crippen LogP contribution in [0.15, 0.2) is 24.5 Å². The first-order valence-corrected chi connectivity index (χ1v) is 5.99. The lowest BCUT2D eigenvalue weighted by atomic mass is 10.0. The van der Waals surface area contributed by atoms with Gasteiger partial charge in [-0.3, -0.25) is 14.7 Å². The second kappa shape index (κ2) is 3.98. The second-order valence-corrected chi connectivity index (χ2v) is 4.87. The highest BCUT2D eigenvalue weighted by atomic mass is 16.1. The molecule has 2 saturated heterocycles. The summed E-state index contributed by atoms with van der Waals surface area (Å²) >= 11 is 0. The Hall–Kier alpha value is -1.22. The van der Waals surface area contributed by atoms with Gasteiger partial charge in [-0.15, -0.1) is 0 Å². The Morgan fingerprint density at radius 2 is 2.06 bits per heavy atom. The molecule has 0 spiro atoms. The first-order chi connectivity index (χ1) is 7.83. The van der Waals surface area contributed by atoms with Gasteiger partial charge in [0.05, 0.1) is 0 Å². The lowest BCUT2D eigenvalue weighted by Gasteiger charge is -2.33. The van der Waals surface area contributed by atoms with Gasteiger partial charge in [0.2, 0.25) is 0 Å². The summed E-state index contributed by atoms with van der Waals surface area (Å²) in [5.41, 5.74) is 1.26. The quantitative estimate of drug-likeness (QED) is 0.755. The third kappa shape index (κ3) is 1.76. The number of carbonyl (C=O) groups excluding carboxylic acids is 1. The van der Waals surface area contributed by atoms with Gasteiger partial charge in [-0.25, -0.2) is 0 Å². The molecule has 0 amide bonds. The molecule has 16 heavy (non-hydrogen) atoms. The zero-order valence-corrected chi connectivity index (χ0v) is 9.30. The largest absolute Gasteiger partial charge is 0.300 e. The van der Waals surface area contributed by atoms with Gasteiger partial charge >= 0.3 is 0 Å².